The van der Waals surface area contributed by atoms with Gasteiger partial charge in [-0.2, -0.15) is 0 Å². The summed E-state index contributed by atoms with van der Waals surface area (Å²) in [4.78, 5) is 42.6. The maximum Gasteiger partial charge on any atom is 0.326 e. The monoisotopic (exact) mass is 398 g/mol. The Morgan fingerprint density at radius 2 is 1.79 bits per heavy atom. The van der Waals surface area contributed by atoms with Crippen LogP contribution < -0.4 is 0 Å². The average molecular weight is 398 g/mol. The highest BCUT2D eigenvalue weighted by Gasteiger charge is 2.48. The highest BCUT2D eigenvalue weighted by atomic mass is 32.1. The molecule has 2 aliphatic rings. The predicted octanol–water partition coefficient (Wildman–Crippen LogP) is 3.34. The Balaban J connectivity index is 1.33. The number of carbonyl (C=O) groups is 3. The van der Waals surface area contributed by atoms with Crippen molar-refractivity contribution in [2.45, 2.75) is 39.2 Å². The first-order valence-electron chi connectivity index (χ1n) is 9.55. The number of hydrogen-bond donors (Lipinski definition) is 0. The number of esters is 1. The van der Waals surface area contributed by atoms with Gasteiger partial charge in [0.25, 0.3) is 0 Å². The fraction of sp³-hybridized carbons (Fsp3) is 0.429. The van der Waals surface area contributed by atoms with Crippen LogP contribution in [-0.4, -0.2) is 34.2 Å². The van der Waals surface area contributed by atoms with Crippen molar-refractivity contribution in [2.24, 2.45) is 11.8 Å². The first-order valence-corrected chi connectivity index (χ1v) is 10.4. The largest absolute Gasteiger partial charge is 0.458 e. The standard InChI is InChI=1S/C21H22N2O4S/c1-13-6-8-14(9-7-13)19-22-15(12-28-19)11-27-18(24)10-23-20(25)16-4-2-3-5-17(16)21(23)26/h6-9,12,16-17H,2-5,10-11H2,1H3/t16-,17+. The molecule has 0 N–H and O–H groups in total. The van der Waals surface area contributed by atoms with Crippen LogP contribution in [0.5, 0.6) is 0 Å². The second kappa shape index (κ2) is 7.83. The Morgan fingerprint density at radius 1 is 1.14 bits per heavy atom. The lowest BCUT2D eigenvalue weighted by atomic mass is 9.81. The van der Waals surface area contributed by atoms with Gasteiger partial charge < -0.3 is 4.74 Å². The topological polar surface area (TPSA) is 76.6 Å². The van der Waals surface area contributed by atoms with Gasteiger partial charge in [-0.25, -0.2) is 4.98 Å². The van der Waals surface area contributed by atoms with E-state index in [1.165, 1.54) is 16.9 Å². The van der Waals surface area contributed by atoms with E-state index >= 15 is 0 Å². The van der Waals surface area contributed by atoms with Gasteiger partial charge in [0, 0.05) is 10.9 Å². The molecule has 146 valence electrons. The van der Waals surface area contributed by atoms with Crippen molar-refractivity contribution in [3.05, 3.63) is 40.9 Å². The van der Waals surface area contributed by atoms with Gasteiger partial charge in [0.05, 0.1) is 17.5 Å². The van der Waals surface area contributed by atoms with Crippen LogP contribution in [0.2, 0.25) is 0 Å². The van der Waals surface area contributed by atoms with Crippen molar-refractivity contribution in [1.82, 2.24) is 9.88 Å². The Bertz CT molecular complexity index is 881. The van der Waals surface area contributed by atoms with E-state index in [0.29, 0.717) is 5.69 Å². The lowest BCUT2D eigenvalue weighted by Crippen LogP contribution is -2.36. The van der Waals surface area contributed by atoms with E-state index in [0.717, 1.165) is 41.2 Å². The summed E-state index contributed by atoms with van der Waals surface area (Å²) >= 11 is 1.49. The molecule has 2 atom stereocenters. The Kier molecular flexibility index (Phi) is 5.26. The summed E-state index contributed by atoms with van der Waals surface area (Å²) < 4.78 is 5.27. The SMILES string of the molecule is Cc1ccc(-c2nc(COC(=O)CN3C(=O)[C@H]4CCCC[C@H]4C3=O)cs2)cc1. The molecule has 1 aliphatic heterocycles. The second-order valence-electron chi connectivity index (χ2n) is 7.43. The normalized spacial score (nSPS) is 21.7. The molecule has 2 heterocycles. The van der Waals surface area contributed by atoms with Crippen molar-refractivity contribution in [3.8, 4) is 10.6 Å². The summed E-state index contributed by atoms with van der Waals surface area (Å²) in [5.41, 5.74) is 2.85. The minimum Gasteiger partial charge on any atom is -0.458 e. The molecule has 1 aliphatic carbocycles. The lowest BCUT2D eigenvalue weighted by Gasteiger charge is -2.19. The summed E-state index contributed by atoms with van der Waals surface area (Å²) in [6.07, 6.45) is 3.40. The third kappa shape index (κ3) is 3.71. The maximum atomic E-state index is 12.4. The van der Waals surface area contributed by atoms with Gasteiger partial charge >= 0.3 is 5.97 Å². The van der Waals surface area contributed by atoms with Crippen molar-refractivity contribution >= 4 is 29.1 Å². The van der Waals surface area contributed by atoms with Crippen LogP contribution in [0.4, 0.5) is 0 Å². The maximum absolute atomic E-state index is 12.4. The molecule has 1 saturated carbocycles. The smallest absolute Gasteiger partial charge is 0.326 e. The van der Waals surface area contributed by atoms with Gasteiger partial charge in [-0.3, -0.25) is 19.3 Å². The highest BCUT2D eigenvalue weighted by Crippen LogP contribution is 2.37. The first-order chi connectivity index (χ1) is 13.5. The van der Waals surface area contributed by atoms with Crippen molar-refractivity contribution in [2.75, 3.05) is 6.54 Å². The summed E-state index contributed by atoms with van der Waals surface area (Å²) in [6.45, 7) is 1.76. The number of ether oxygens (including phenoxy) is 1. The second-order valence-corrected chi connectivity index (χ2v) is 8.29. The minimum absolute atomic E-state index is 0.0320. The summed E-state index contributed by atoms with van der Waals surface area (Å²) in [5.74, 6) is -1.51. The van der Waals surface area contributed by atoms with Crippen LogP contribution >= 0.6 is 11.3 Å². The fourth-order valence-corrected chi connectivity index (χ4v) is 4.73. The molecule has 4 rings (SSSR count). The zero-order chi connectivity index (χ0) is 19.7. The van der Waals surface area contributed by atoms with E-state index in [1.807, 2.05) is 36.6 Å². The third-order valence-corrected chi connectivity index (χ3v) is 6.39. The molecule has 7 heteroatoms. The number of fused-ring (bicyclic) bond motifs is 1. The number of hydrogen-bond acceptors (Lipinski definition) is 6. The first kappa shape index (κ1) is 18.8. The predicted molar refractivity (Wildman–Crippen MR) is 104 cm³/mol. The van der Waals surface area contributed by atoms with E-state index in [9.17, 15) is 14.4 Å². The molecule has 1 aromatic carbocycles. The number of imide groups is 1. The van der Waals surface area contributed by atoms with Gasteiger partial charge in [-0.15, -0.1) is 11.3 Å². The zero-order valence-electron chi connectivity index (χ0n) is 15.7. The van der Waals surface area contributed by atoms with Crippen molar-refractivity contribution < 1.29 is 19.1 Å². The van der Waals surface area contributed by atoms with E-state index in [2.05, 4.69) is 4.98 Å². The van der Waals surface area contributed by atoms with Crippen LogP contribution in [0.3, 0.4) is 0 Å². The number of benzene rings is 1. The fourth-order valence-electron chi connectivity index (χ4n) is 3.92. The summed E-state index contributed by atoms with van der Waals surface area (Å²) in [6, 6.07) is 8.07. The molecule has 0 unspecified atom stereocenters. The zero-order valence-corrected chi connectivity index (χ0v) is 16.5. The summed E-state index contributed by atoms with van der Waals surface area (Å²) in [7, 11) is 0. The molecule has 28 heavy (non-hydrogen) atoms. The molecule has 2 aromatic rings. The molecule has 0 spiro atoms. The molecule has 6 nitrogen and oxygen atoms in total. The number of likely N-dealkylation sites (tertiary alicyclic amines) is 1. The average Bonchev–Trinajstić information content (AvgIpc) is 3.27. The molecule has 1 aromatic heterocycles. The Labute approximate surface area is 167 Å². The van der Waals surface area contributed by atoms with Crippen LogP contribution in [0.1, 0.15) is 36.9 Å². The number of rotatable bonds is 5. The molecule has 0 bridgehead atoms. The van der Waals surface area contributed by atoms with Crippen LogP contribution in [0.25, 0.3) is 10.6 Å². The van der Waals surface area contributed by atoms with E-state index < -0.39 is 5.97 Å². The highest BCUT2D eigenvalue weighted by molar-refractivity contribution is 7.13. The number of carbonyl (C=O) groups excluding carboxylic acids is 3. The van der Waals surface area contributed by atoms with Gasteiger partial charge in [0.2, 0.25) is 11.8 Å². The summed E-state index contributed by atoms with van der Waals surface area (Å²) in [5, 5.41) is 2.71. The van der Waals surface area contributed by atoms with Crippen LogP contribution in [-0.2, 0) is 25.7 Å². The molecule has 2 fully saturated rings. The lowest BCUT2D eigenvalue weighted by molar-refractivity contribution is -0.153. The number of thiazole rings is 1. The molecule has 0 radical (unpaired) electrons. The Morgan fingerprint density at radius 3 is 2.43 bits per heavy atom. The number of amides is 2. The Hall–Kier alpha value is -2.54. The van der Waals surface area contributed by atoms with E-state index in [1.54, 1.807) is 0 Å². The molecule has 2 amide bonds. The minimum atomic E-state index is -0.578. The van der Waals surface area contributed by atoms with Crippen molar-refractivity contribution in [1.29, 1.82) is 0 Å². The van der Waals surface area contributed by atoms with Gasteiger partial charge in [-0.1, -0.05) is 42.7 Å². The van der Waals surface area contributed by atoms with E-state index in [-0.39, 0.29) is 36.8 Å². The third-order valence-electron chi connectivity index (χ3n) is 5.45. The molecule has 1 saturated heterocycles. The van der Waals surface area contributed by atoms with Crippen LogP contribution in [0.15, 0.2) is 29.6 Å². The van der Waals surface area contributed by atoms with Crippen LogP contribution in [0, 0.1) is 18.8 Å². The van der Waals surface area contributed by atoms with E-state index in [4.69, 9.17) is 4.74 Å². The van der Waals surface area contributed by atoms with Gasteiger partial charge in [-0.05, 0) is 19.8 Å². The number of aryl methyl sites for hydroxylation is 1. The molecular formula is C21H22N2O4S. The quantitative estimate of drug-likeness (QED) is 0.570. The number of nitrogens with zero attached hydrogens (tertiary/aromatic N) is 2. The van der Waals surface area contributed by atoms with Gasteiger partial charge in [0.15, 0.2) is 0 Å². The molecular weight excluding hydrogens is 376 g/mol. The van der Waals surface area contributed by atoms with Crippen molar-refractivity contribution in [3.63, 3.8) is 0 Å². The number of aromatic nitrogens is 1. The van der Waals surface area contributed by atoms with Gasteiger partial charge in [0.1, 0.15) is 18.2 Å².